The number of rotatable bonds is 4. The molecule has 0 radical (unpaired) electrons. The molecule has 1 spiro atoms. The van der Waals surface area contributed by atoms with E-state index in [1.165, 1.54) is 0 Å². The number of nitrogens with one attached hydrogen (secondary N) is 2. The predicted octanol–water partition coefficient (Wildman–Crippen LogP) is 2.40. The predicted molar refractivity (Wildman–Crippen MR) is 101 cm³/mol. The van der Waals surface area contributed by atoms with E-state index in [4.69, 9.17) is 0 Å². The molecule has 1 saturated carbocycles. The number of amides is 4. The lowest BCUT2D eigenvalue weighted by atomic mass is 9.64. The highest BCUT2D eigenvalue weighted by Gasteiger charge is 2.56. The van der Waals surface area contributed by atoms with Gasteiger partial charge in [0.15, 0.2) is 0 Å². The van der Waals surface area contributed by atoms with Gasteiger partial charge < -0.3 is 10.6 Å². The molecule has 27 heavy (non-hydrogen) atoms. The molecule has 2 N–H and O–H groups in total. The summed E-state index contributed by atoms with van der Waals surface area (Å²) in [6, 6.07) is 2.93. The quantitative estimate of drug-likeness (QED) is 0.794. The first kappa shape index (κ1) is 19.3. The molecule has 0 aromatic carbocycles. The van der Waals surface area contributed by atoms with E-state index in [0.717, 1.165) is 16.9 Å². The van der Waals surface area contributed by atoms with Gasteiger partial charge in [0.25, 0.3) is 5.91 Å². The third-order valence-electron chi connectivity index (χ3n) is 5.51. The molecule has 1 aromatic heterocycles. The maximum Gasteiger partial charge on any atom is 0.325 e. The van der Waals surface area contributed by atoms with Crippen LogP contribution < -0.4 is 10.6 Å². The molecule has 2 aliphatic rings. The summed E-state index contributed by atoms with van der Waals surface area (Å²) in [7, 11) is 0. The van der Waals surface area contributed by atoms with Crippen molar-refractivity contribution in [2.75, 3.05) is 6.54 Å². The van der Waals surface area contributed by atoms with Gasteiger partial charge in [0.05, 0.1) is 6.04 Å². The number of urea groups is 1. The van der Waals surface area contributed by atoms with Gasteiger partial charge >= 0.3 is 6.03 Å². The fraction of sp³-hybridized carbons (Fsp3) is 0.600. The second-order valence-electron chi connectivity index (χ2n) is 8.83. The van der Waals surface area contributed by atoms with Crippen molar-refractivity contribution in [3.05, 3.63) is 30.1 Å². The summed E-state index contributed by atoms with van der Waals surface area (Å²) in [6.45, 7) is 7.93. The van der Waals surface area contributed by atoms with Crippen LogP contribution in [-0.4, -0.2) is 39.8 Å². The van der Waals surface area contributed by atoms with Gasteiger partial charge in [-0.3, -0.25) is 19.5 Å². The fourth-order valence-electron chi connectivity index (χ4n) is 4.82. The molecule has 3 rings (SSSR count). The molecule has 0 bridgehead atoms. The zero-order valence-electron chi connectivity index (χ0n) is 16.4. The highest BCUT2D eigenvalue weighted by atomic mass is 16.2. The van der Waals surface area contributed by atoms with E-state index in [9.17, 15) is 14.4 Å². The van der Waals surface area contributed by atoms with E-state index >= 15 is 0 Å². The van der Waals surface area contributed by atoms with Gasteiger partial charge in [0, 0.05) is 12.4 Å². The summed E-state index contributed by atoms with van der Waals surface area (Å²) >= 11 is 0. The second-order valence-corrected chi connectivity index (χ2v) is 8.83. The lowest BCUT2D eigenvalue weighted by Crippen LogP contribution is -2.54. The Balaban J connectivity index is 1.68. The number of hydrogen-bond acceptors (Lipinski definition) is 4. The minimum Gasteiger partial charge on any atom is -0.348 e. The van der Waals surface area contributed by atoms with E-state index in [0.29, 0.717) is 18.8 Å². The van der Waals surface area contributed by atoms with E-state index in [-0.39, 0.29) is 29.8 Å². The van der Waals surface area contributed by atoms with Crippen LogP contribution in [0, 0.1) is 11.3 Å². The Morgan fingerprint density at radius 2 is 2.00 bits per heavy atom. The fourth-order valence-corrected chi connectivity index (χ4v) is 4.82. The number of carbonyl (C=O) groups excluding carboxylic acids is 3. The highest BCUT2D eigenvalue weighted by Crippen LogP contribution is 2.46. The van der Waals surface area contributed by atoms with Crippen LogP contribution in [0.25, 0.3) is 0 Å². The molecule has 2 fully saturated rings. The minimum atomic E-state index is -0.880. The highest BCUT2D eigenvalue weighted by molar-refractivity contribution is 6.09. The van der Waals surface area contributed by atoms with Crippen molar-refractivity contribution in [2.45, 2.75) is 58.5 Å². The summed E-state index contributed by atoms with van der Waals surface area (Å²) in [4.78, 5) is 43.0. The van der Waals surface area contributed by atoms with Crippen molar-refractivity contribution in [1.82, 2.24) is 20.5 Å². The third-order valence-corrected chi connectivity index (χ3v) is 5.51. The van der Waals surface area contributed by atoms with E-state index < -0.39 is 11.6 Å². The Morgan fingerprint density at radius 3 is 2.63 bits per heavy atom. The number of aromatic nitrogens is 1. The average molecular weight is 372 g/mol. The summed E-state index contributed by atoms with van der Waals surface area (Å²) in [5.74, 6) is -0.305. The minimum absolute atomic E-state index is 0.0330. The second kappa shape index (κ2) is 6.94. The van der Waals surface area contributed by atoms with Crippen LogP contribution in [0.3, 0.4) is 0 Å². The number of hydrogen-bond donors (Lipinski definition) is 2. The van der Waals surface area contributed by atoms with Crippen molar-refractivity contribution < 1.29 is 14.4 Å². The van der Waals surface area contributed by atoms with Crippen molar-refractivity contribution in [1.29, 1.82) is 0 Å². The molecule has 1 saturated heterocycles. The van der Waals surface area contributed by atoms with Gasteiger partial charge in [-0.15, -0.1) is 0 Å². The third kappa shape index (κ3) is 3.96. The molecule has 7 nitrogen and oxygen atoms in total. The van der Waals surface area contributed by atoms with Crippen molar-refractivity contribution in [3.8, 4) is 0 Å². The topological polar surface area (TPSA) is 91.4 Å². The summed E-state index contributed by atoms with van der Waals surface area (Å²) in [5.41, 5.74) is -0.000797. The first-order valence-electron chi connectivity index (χ1n) is 9.45. The van der Waals surface area contributed by atoms with Crippen LogP contribution >= 0.6 is 0 Å². The average Bonchev–Trinajstić information content (AvgIpc) is 2.77. The normalized spacial score (nSPS) is 28.1. The standard InChI is InChI=1S/C20H28N4O3/c1-13-9-19(3,4)12-20(10-13)17(26)24(18(27)23-20)11-16(25)22-14(2)15-5-7-21-8-6-15/h5-8,13-14H,9-12H2,1-4H3,(H,22,25)(H,23,27). The summed E-state index contributed by atoms with van der Waals surface area (Å²) in [5, 5.41) is 5.73. The van der Waals surface area contributed by atoms with Crippen LogP contribution in [-0.2, 0) is 9.59 Å². The van der Waals surface area contributed by atoms with Gasteiger partial charge in [0.2, 0.25) is 5.91 Å². The lowest BCUT2D eigenvalue weighted by Gasteiger charge is -2.43. The van der Waals surface area contributed by atoms with Gasteiger partial charge in [-0.05, 0) is 55.2 Å². The largest absolute Gasteiger partial charge is 0.348 e. The number of nitrogens with zero attached hydrogens (tertiary/aromatic N) is 2. The van der Waals surface area contributed by atoms with Gasteiger partial charge in [-0.25, -0.2) is 4.79 Å². The molecular weight excluding hydrogens is 344 g/mol. The smallest absolute Gasteiger partial charge is 0.325 e. The Kier molecular flexibility index (Phi) is 4.97. The van der Waals surface area contributed by atoms with Gasteiger partial charge in [-0.1, -0.05) is 20.8 Å². The zero-order chi connectivity index (χ0) is 19.8. The van der Waals surface area contributed by atoms with Crippen molar-refractivity contribution >= 4 is 17.8 Å². The molecule has 3 unspecified atom stereocenters. The Hall–Kier alpha value is -2.44. The Morgan fingerprint density at radius 1 is 1.33 bits per heavy atom. The van der Waals surface area contributed by atoms with E-state index in [1.54, 1.807) is 12.4 Å². The first-order chi connectivity index (χ1) is 12.6. The SMILES string of the molecule is CC1CC(C)(C)CC2(C1)NC(=O)N(CC(=O)NC(C)c1ccncc1)C2=O. The molecule has 2 heterocycles. The van der Waals surface area contributed by atoms with Crippen LogP contribution in [0.15, 0.2) is 24.5 Å². The lowest BCUT2D eigenvalue weighted by molar-refractivity contribution is -0.137. The van der Waals surface area contributed by atoms with E-state index in [1.807, 2.05) is 19.1 Å². The Bertz CT molecular complexity index is 749. The molecule has 4 amide bonds. The van der Waals surface area contributed by atoms with Crippen LogP contribution in [0.5, 0.6) is 0 Å². The monoisotopic (exact) mass is 372 g/mol. The summed E-state index contributed by atoms with van der Waals surface area (Å²) in [6.07, 6.45) is 5.55. The van der Waals surface area contributed by atoms with E-state index in [2.05, 4.69) is 36.4 Å². The number of pyridine rings is 1. The first-order valence-corrected chi connectivity index (χ1v) is 9.45. The van der Waals surface area contributed by atoms with Crippen LogP contribution in [0.4, 0.5) is 4.79 Å². The number of imide groups is 1. The number of carbonyl (C=O) groups is 3. The molecule has 146 valence electrons. The van der Waals surface area contributed by atoms with Gasteiger partial charge in [0.1, 0.15) is 12.1 Å². The maximum atomic E-state index is 13.1. The van der Waals surface area contributed by atoms with Crippen molar-refractivity contribution in [2.24, 2.45) is 11.3 Å². The Labute approximate surface area is 159 Å². The van der Waals surface area contributed by atoms with Crippen molar-refractivity contribution in [3.63, 3.8) is 0 Å². The van der Waals surface area contributed by atoms with Gasteiger partial charge in [-0.2, -0.15) is 0 Å². The maximum absolute atomic E-state index is 13.1. The molecule has 1 aliphatic carbocycles. The molecule has 3 atom stereocenters. The molecule has 1 aliphatic heterocycles. The molecule has 1 aromatic rings. The summed E-state index contributed by atoms with van der Waals surface area (Å²) < 4.78 is 0. The van der Waals surface area contributed by atoms with Crippen LogP contribution in [0.2, 0.25) is 0 Å². The molecule has 7 heteroatoms. The zero-order valence-corrected chi connectivity index (χ0v) is 16.4. The van der Waals surface area contributed by atoms with Crippen LogP contribution in [0.1, 0.15) is 58.6 Å². The molecular formula is C20H28N4O3.